The molecule has 2 atom stereocenters. The molecular formula is C15H20Cl2N4O. The molecule has 1 fully saturated rings. The van der Waals surface area contributed by atoms with E-state index in [-0.39, 0.29) is 36.8 Å². The van der Waals surface area contributed by atoms with Gasteiger partial charge in [0.1, 0.15) is 0 Å². The molecule has 0 aliphatic heterocycles. The monoisotopic (exact) mass is 342 g/mol. The molecule has 5 nitrogen and oxygen atoms in total. The van der Waals surface area contributed by atoms with Crippen LogP contribution in [0.3, 0.4) is 0 Å². The van der Waals surface area contributed by atoms with Crippen molar-refractivity contribution in [1.29, 1.82) is 0 Å². The molecule has 1 aromatic heterocycles. The number of nitrogens with one attached hydrogen (secondary N) is 1. The molecular weight excluding hydrogens is 323 g/mol. The van der Waals surface area contributed by atoms with Gasteiger partial charge in [0.15, 0.2) is 0 Å². The van der Waals surface area contributed by atoms with E-state index in [1.54, 1.807) is 10.9 Å². The molecule has 2 aromatic rings. The number of nitrogens with two attached hydrogens (primary N) is 1. The molecule has 120 valence electrons. The highest BCUT2D eigenvalue weighted by Gasteiger charge is 2.34. The molecule has 1 aliphatic rings. The first-order valence-corrected chi connectivity index (χ1v) is 6.86. The average Bonchev–Trinajstić information content (AvgIpc) is 3.02. The third-order valence-corrected chi connectivity index (χ3v) is 3.63. The van der Waals surface area contributed by atoms with Crippen molar-refractivity contribution in [3.05, 3.63) is 47.8 Å². The van der Waals surface area contributed by atoms with Crippen molar-refractivity contribution < 1.29 is 4.79 Å². The van der Waals surface area contributed by atoms with Crippen molar-refractivity contribution in [3.63, 3.8) is 0 Å². The van der Waals surface area contributed by atoms with E-state index in [9.17, 15) is 4.79 Å². The molecule has 22 heavy (non-hydrogen) atoms. The summed E-state index contributed by atoms with van der Waals surface area (Å²) in [5.41, 5.74) is 8.37. The summed E-state index contributed by atoms with van der Waals surface area (Å²) < 4.78 is 1.77. The summed E-state index contributed by atoms with van der Waals surface area (Å²) >= 11 is 0. The number of rotatable bonds is 4. The van der Waals surface area contributed by atoms with Crippen molar-refractivity contribution in [1.82, 2.24) is 9.78 Å². The van der Waals surface area contributed by atoms with Crippen LogP contribution in [-0.2, 0) is 6.54 Å². The number of anilines is 1. The predicted octanol–water partition coefficient (Wildman–Crippen LogP) is 2.81. The first-order valence-electron chi connectivity index (χ1n) is 6.86. The zero-order valence-corrected chi connectivity index (χ0v) is 13.9. The van der Waals surface area contributed by atoms with Crippen molar-refractivity contribution in [2.24, 2.45) is 5.73 Å². The number of aromatic nitrogens is 2. The maximum absolute atomic E-state index is 12.2. The Bertz CT molecular complexity index is 644. The van der Waals surface area contributed by atoms with E-state index < -0.39 is 0 Å². The van der Waals surface area contributed by atoms with Gasteiger partial charge in [-0.15, -0.1) is 24.8 Å². The molecule has 1 aromatic carbocycles. The Hall–Kier alpha value is -1.56. The van der Waals surface area contributed by atoms with Crippen LogP contribution in [0.4, 0.5) is 5.69 Å². The van der Waals surface area contributed by atoms with Gasteiger partial charge in [-0.2, -0.15) is 5.10 Å². The number of hydrogen-bond donors (Lipinski definition) is 2. The third-order valence-electron chi connectivity index (χ3n) is 3.63. The minimum absolute atomic E-state index is 0. The second-order valence-corrected chi connectivity index (χ2v) is 5.17. The quantitative estimate of drug-likeness (QED) is 0.897. The second-order valence-electron chi connectivity index (χ2n) is 5.17. The van der Waals surface area contributed by atoms with Gasteiger partial charge in [-0.3, -0.25) is 9.48 Å². The minimum Gasteiger partial charge on any atom is -0.327 e. The van der Waals surface area contributed by atoms with E-state index in [1.807, 2.05) is 37.4 Å². The smallest absolute Gasteiger partial charge is 0.255 e. The van der Waals surface area contributed by atoms with E-state index in [0.717, 1.165) is 18.5 Å². The summed E-state index contributed by atoms with van der Waals surface area (Å²) in [5, 5.41) is 6.99. The number of benzene rings is 1. The maximum atomic E-state index is 12.2. The van der Waals surface area contributed by atoms with Crippen LogP contribution in [-0.4, -0.2) is 21.7 Å². The van der Waals surface area contributed by atoms with Crippen LogP contribution in [0.2, 0.25) is 0 Å². The van der Waals surface area contributed by atoms with E-state index >= 15 is 0 Å². The van der Waals surface area contributed by atoms with Crippen LogP contribution in [0.25, 0.3) is 0 Å². The van der Waals surface area contributed by atoms with Gasteiger partial charge in [0.2, 0.25) is 0 Å². The molecule has 0 unspecified atom stereocenters. The highest BCUT2D eigenvalue weighted by atomic mass is 35.5. The number of nitrogens with zero attached hydrogens (tertiary/aromatic N) is 2. The van der Waals surface area contributed by atoms with Crippen LogP contribution in [0.5, 0.6) is 0 Å². The normalized spacial score (nSPS) is 18.8. The Morgan fingerprint density at radius 3 is 2.77 bits per heavy atom. The molecule has 0 spiro atoms. The van der Waals surface area contributed by atoms with Gasteiger partial charge in [-0.1, -0.05) is 12.1 Å². The fourth-order valence-corrected chi connectivity index (χ4v) is 2.31. The summed E-state index contributed by atoms with van der Waals surface area (Å²) in [4.78, 5) is 12.2. The van der Waals surface area contributed by atoms with Crippen molar-refractivity contribution in [3.8, 4) is 0 Å². The highest BCUT2D eigenvalue weighted by Crippen LogP contribution is 2.39. The lowest BCUT2D eigenvalue weighted by Gasteiger charge is -2.05. The molecule has 0 saturated heterocycles. The number of carbonyl (C=O) groups is 1. The summed E-state index contributed by atoms with van der Waals surface area (Å²) in [6, 6.07) is 7.93. The first-order chi connectivity index (χ1) is 9.67. The lowest BCUT2D eigenvalue weighted by Crippen LogP contribution is -2.12. The molecule has 3 N–H and O–H groups in total. The van der Waals surface area contributed by atoms with Gasteiger partial charge in [-0.25, -0.2) is 0 Å². The fourth-order valence-electron chi connectivity index (χ4n) is 2.31. The molecule has 1 saturated carbocycles. The van der Waals surface area contributed by atoms with Crippen LogP contribution < -0.4 is 11.1 Å². The van der Waals surface area contributed by atoms with E-state index in [4.69, 9.17) is 5.73 Å². The molecule has 7 heteroatoms. The maximum Gasteiger partial charge on any atom is 0.255 e. The summed E-state index contributed by atoms with van der Waals surface area (Å²) in [6.07, 6.45) is 4.48. The second kappa shape index (κ2) is 7.63. The van der Waals surface area contributed by atoms with Gasteiger partial charge >= 0.3 is 0 Å². The van der Waals surface area contributed by atoms with Gasteiger partial charge in [-0.05, 0) is 31.0 Å². The fraction of sp³-hybridized carbons (Fsp3) is 0.333. The summed E-state index contributed by atoms with van der Waals surface area (Å²) in [7, 11) is 0. The Morgan fingerprint density at radius 1 is 1.45 bits per heavy atom. The number of hydrogen-bond acceptors (Lipinski definition) is 3. The minimum atomic E-state index is -0.114. The van der Waals surface area contributed by atoms with Gasteiger partial charge < -0.3 is 11.1 Å². The van der Waals surface area contributed by atoms with Gasteiger partial charge in [0, 0.05) is 30.3 Å². The van der Waals surface area contributed by atoms with E-state index in [0.29, 0.717) is 17.2 Å². The van der Waals surface area contributed by atoms with E-state index in [2.05, 4.69) is 10.4 Å². The number of amides is 1. The Morgan fingerprint density at radius 2 is 2.18 bits per heavy atom. The van der Waals surface area contributed by atoms with Gasteiger partial charge in [0.25, 0.3) is 5.91 Å². The van der Waals surface area contributed by atoms with Crippen LogP contribution >= 0.6 is 24.8 Å². The largest absolute Gasteiger partial charge is 0.327 e. The number of halogens is 2. The van der Waals surface area contributed by atoms with Crippen molar-refractivity contribution in [2.45, 2.75) is 31.8 Å². The Labute approximate surface area is 142 Å². The van der Waals surface area contributed by atoms with Crippen LogP contribution in [0, 0.1) is 0 Å². The van der Waals surface area contributed by atoms with Crippen molar-refractivity contribution >= 4 is 36.4 Å². The zero-order chi connectivity index (χ0) is 14.1. The SMILES string of the molecule is CCn1cc(NC(=O)c2cccc([C@@H]3C[C@H]3N)c2)cn1.Cl.Cl. The Kier molecular flexibility index (Phi) is 6.41. The number of carbonyl (C=O) groups excluding carboxylic acids is 1. The first kappa shape index (κ1) is 18.5. The molecule has 0 bridgehead atoms. The lowest BCUT2D eigenvalue weighted by atomic mass is 10.1. The highest BCUT2D eigenvalue weighted by molar-refractivity contribution is 6.04. The summed E-state index contributed by atoms with van der Waals surface area (Å²) in [5.74, 6) is 0.294. The average molecular weight is 343 g/mol. The van der Waals surface area contributed by atoms with E-state index in [1.165, 1.54) is 0 Å². The molecule has 1 heterocycles. The van der Waals surface area contributed by atoms with Gasteiger partial charge in [0.05, 0.1) is 11.9 Å². The van der Waals surface area contributed by atoms with Crippen molar-refractivity contribution in [2.75, 3.05) is 5.32 Å². The standard InChI is InChI=1S/C15H18N4O.2ClH/c1-2-19-9-12(8-17-19)18-15(20)11-5-3-4-10(6-11)13-7-14(13)16;;/h3-6,8-9,13-14H,2,7,16H2,1H3,(H,18,20);2*1H/t13-,14+;;/m0../s1. The predicted molar refractivity (Wildman–Crippen MR) is 92.1 cm³/mol. The molecule has 1 amide bonds. The molecule has 0 radical (unpaired) electrons. The topological polar surface area (TPSA) is 72.9 Å². The molecule has 3 rings (SSSR count). The zero-order valence-electron chi connectivity index (χ0n) is 12.2. The van der Waals surface area contributed by atoms with Crippen LogP contribution in [0.15, 0.2) is 36.7 Å². The molecule has 1 aliphatic carbocycles. The Balaban J connectivity index is 0.00000121. The summed E-state index contributed by atoms with van der Waals surface area (Å²) in [6.45, 7) is 2.78. The third kappa shape index (κ3) is 4.00. The van der Waals surface area contributed by atoms with Crippen LogP contribution in [0.1, 0.15) is 35.2 Å². The number of aryl methyl sites for hydroxylation is 1. The lowest BCUT2D eigenvalue weighted by molar-refractivity contribution is 0.102.